The van der Waals surface area contributed by atoms with Crippen LogP contribution in [0.1, 0.15) is 55.5 Å². The number of nitrogens with zero attached hydrogens (tertiary/aromatic N) is 2. The number of carbonyl (C=O) groups excluding carboxylic acids is 2. The second-order valence-corrected chi connectivity index (χ2v) is 8.35. The van der Waals surface area contributed by atoms with Gasteiger partial charge in [0.1, 0.15) is 0 Å². The maximum Gasteiger partial charge on any atom is 0.253 e. The van der Waals surface area contributed by atoms with Crippen LogP contribution in [0, 0.1) is 12.8 Å². The van der Waals surface area contributed by atoms with Crippen LogP contribution < -0.4 is 5.32 Å². The first-order valence-corrected chi connectivity index (χ1v) is 10.4. The summed E-state index contributed by atoms with van der Waals surface area (Å²) < 4.78 is 0. The number of aryl methyl sites for hydroxylation is 1. The monoisotopic (exact) mass is 371 g/mol. The molecule has 1 aromatic rings. The van der Waals surface area contributed by atoms with E-state index in [1.165, 1.54) is 12.8 Å². The molecule has 1 aliphatic carbocycles. The summed E-state index contributed by atoms with van der Waals surface area (Å²) in [6, 6.07) is 7.89. The lowest BCUT2D eigenvalue weighted by Crippen LogP contribution is -2.58. The van der Waals surface area contributed by atoms with Gasteiger partial charge in [0, 0.05) is 37.8 Å². The van der Waals surface area contributed by atoms with Crippen molar-refractivity contribution in [3.05, 3.63) is 35.4 Å². The van der Waals surface area contributed by atoms with Gasteiger partial charge in [-0.1, -0.05) is 30.5 Å². The van der Waals surface area contributed by atoms with Crippen molar-refractivity contribution in [2.45, 2.75) is 58.5 Å². The summed E-state index contributed by atoms with van der Waals surface area (Å²) in [5.74, 6) is 0.709. The molecule has 1 atom stereocenters. The predicted molar refractivity (Wildman–Crippen MR) is 108 cm³/mol. The maximum absolute atomic E-state index is 12.9. The molecule has 5 nitrogen and oxygen atoms in total. The Bertz CT molecular complexity index is 659. The molecule has 1 aliphatic heterocycles. The van der Waals surface area contributed by atoms with Gasteiger partial charge in [0.2, 0.25) is 5.91 Å². The molecule has 1 heterocycles. The smallest absolute Gasteiger partial charge is 0.253 e. The Morgan fingerprint density at radius 1 is 1.07 bits per heavy atom. The lowest BCUT2D eigenvalue weighted by molar-refractivity contribution is -0.129. The average Bonchev–Trinajstić information content (AvgIpc) is 3.15. The first kappa shape index (κ1) is 19.9. The third kappa shape index (κ3) is 4.89. The molecule has 1 aromatic carbocycles. The highest BCUT2D eigenvalue weighted by Gasteiger charge is 2.37. The Morgan fingerprint density at radius 2 is 1.74 bits per heavy atom. The molecule has 148 valence electrons. The minimum Gasteiger partial charge on any atom is -0.353 e. The molecule has 2 aliphatic rings. The van der Waals surface area contributed by atoms with E-state index in [1.807, 2.05) is 49.9 Å². The van der Waals surface area contributed by atoms with Crippen LogP contribution in [0.15, 0.2) is 24.3 Å². The first-order chi connectivity index (χ1) is 13.0. The van der Waals surface area contributed by atoms with Crippen LogP contribution in [-0.2, 0) is 4.79 Å². The zero-order valence-electron chi connectivity index (χ0n) is 16.9. The van der Waals surface area contributed by atoms with Crippen molar-refractivity contribution in [2.75, 3.05) is 26.2 Å². The lowest BCUT2D eigenvalue weighted by Gasteiger charge is -2.41. The first-order valence-electron chi connectivity index (χ1n) is 10.4. The van der Waals surface area contributed by atoms with E-state index >= 15 is 0 Å². The minimum atomic E-state index is -0.0499. The fourth-order valence-corrected chi connectivity index (χ4v) is 4.48. The van der Waals surface area contributed by atoms with Crippen molar-refractivity contribution in [3.8, 4) is 0 Å². The molecule has 0 spiro atoms. The second kappa shape index (κ2) is 8.87. The zero-order chi connectivity index (χ0) is 19.4. The third-order valence-corrected chi connectivity index (χ3v) is 5.81. The molecule has 0 bridgehead atoms. The van der Waals surface area contributed by atoms with Gasteiger partial charge in [0.15, 0.2) is 0 Å². The fraction of sp³-hybridized carbons (Fsp3) is 0.636. The van der Waals surface area contributed by atoms with E-state index in [9.17, 15) is 9.59 Å². The predicted octanol–water partition coefficient (Wildman–Crippen LogP) is 2.84. The van der Waals surface area contributed by atoms with Crippen LogP contribution in [0.5, 0.6) is 0 Å². The Kier molecular flexibility index (Phi) is 6.53. The van der Waals surface area contributed by atoms with E-state index < -0.39 is 0 Å². The lowest BCUT2D eigenvalue weighted by atomic mass is 9.94. The van der Waals surface area contributed by atoms with Crippen molar-refractivity contribution >= 4 is 11.8 Å². The molecule has 1 saturated carbocycles. The van der Waals surface area contributed by atoms with Crippen LogP contribution in [-0.4, -0.2) is 59.9 Å². The third-order valence-electron chi connectivity index (χ3n) is 5.81. The Labute approximate surface area is 163 Å². The Morgan fingerprint density at radius 3 is 2.33 bits per heavy atom. The molecule has 2 amide bonds. The van der Waals surface area contributed by atoms with E-state index in [0.29, 0.717) is 19.0 Å². The van der Waals surface area contributed by atoms with E-state index in [2.05, 4.69) is 10.2 Å². The van der Waals surface area contributed by atoms with Gasteiger partial charge in [0.25, 0.3) is 5.91 Å². The van der Waals surface area contributed by atoms with Crippen LogP contribution in [0.3, 0.4) is 0 Å². The normalized spacial score (nSPS) is 20.1. The number of rotatable bonds is 5. The Hall–Kier alpha value is -1.88. The summed E-state index contributed by atoms with van der Waals surface area (Å²) >= 11 is 0. The van der Waals surface area contributed by atoms with Gasteiger partial charge in [-0.3, -0.25) is 14.5 Å². The van der Waals surface area contributed by atoms with Gasteiger partial charge >= 0.3 is 0 Å². The molecule has 2 fully saturated rings. The number of piperazine rings is 1. The largest absolute Gasteiger partial charge is 0.353 e. The topological polar surface area (TPSA) is 52.7 Å². The van der Waals surface area contributed by atoms with Crippen molar-refractivity contribution < 1.29 is 9.59 Å². The van der Waals surface area contributed by atoms with Gasteiger partial charge in [-0.25, -0.2) is 0 Å². The van der Waals surface area contributed by atoms with Gasteiger partial charge in [-0.2, -0.15) is 0 Å². The molecule has 3 rings (SSSR count). The van der Waals surface area contributed by atoms with E-state index in [0.717, 1.165) is 37.1 Å². The summed E-state index contributed by atoms with van der Waals surface area (Å²) in [6.07, 6.45) is 4.72. The molecule has 5 heteroatoms. The SMILES string of the molecule is Cc1cccc(C(=O)N2CCN(C(C(=O)NC(C)C)C3CCCC3)CC2)c1. The van der Waals surface area contributed by atoms with Crippen molar-refractivity contribution in [3.63, 3.8) is 0 Å². The quantitative estimate of drug-likeness (QED) is 0.866. The summed E-state index contributed by atoms with van der Waals surface area (Å²) in [4.78, 5) is 29.9. The number of hydrogen-bond acceptors (Lipinski definition) is 3. The second-order valence-electron chi connectivity index (χ2n) is 8.35. The van der Waals surface area contributed by atoms with Crippen LogP contribution in [0.25, 0.3) is 0 Å². The van der Waals surface area contributed by atoms with Crippen molar-refractivity contribution in [1.82, 2.24) is 15.1 Å². The highest BCUT2D eigenvalue weighted by atomic mass is 16.2. The zero-order valence-corrected chi connectivity index (χ0v) is 16.9. The molecular weight excluding hydrogens is 338 g/mol. The van der Waals surface area contributed by atoms with E-state index in [4.69, 9.17) is 0 Å². The minimum absolute atomic E-state index is 0.0499. The maximum atomic E-state index is 12.9. The van der Waals surface area contributed by atoms with E-state index in [1.54, 1.807) is 0 Å². The van der Waals surface area contributed by atoms with Crippen LogP contribution in [0.4, 0.5) is 0 Å². The molecule has 27 heavy (non-hydrogen) atoms. The molecule has 1 saturated heterocycles. The van der Waals surface area contributed by atoms with Crippen LogP contribution >= 0.6 is 0 Å². The van der Waals surface area contributed by atoms with Gasteiger partial charge in [-0.05, 0) is 51.7 Å². The molecule has 1 unspecified atom stereocenters. The fourth-order valence-electron chi connectivity index (χ4n) is 4.48. The Balaban J connectivity index is 1.64. The van der Waals surface area contributed by atoms with Gasteiger partial charge in [0.05, 0.1) is 6.04 Å². The summed E-state index contributed by atoms with van der Waals surface area (Å²) in [5, 5.41) is 3.12. The molecular formula is C22H33N3O2. The summed E-state index contributed by atoms with van der Waals surface area (Å²) in [7, 11) is 0. The molecule has 0 aromatic heterocycles. The summed E-state index contributed by atoms with van der Waals surface area (Å²) in [5.41, 5.74) is 1.86. The standard InChI is InChI=1S/C22H33N3O2/c1-16(2)23-21(26)20(18-8-4-5-9-18)24-11-13-25(14-12-24)22(27)19-10-6-7-17(3)15-19/h6-7,10,15-16,18,20H,4-5,8-9,11-14H2,1-3H3,(H,23,26). The number of hydrogen-bond donors (Lipinski definition) is 1. The number of amides is 2. The number of nitrogens with one attached hydrogen (secondary N) is 1. The van der Waals surface area contributed by atoms with Crippen molar-refractivity contribution in [1.29, 1.82) is 0 Å². The average molecular weight is 372 g/mol. The van der Waals surface area contributed by atoms with Crippen molar-refractivity contribution in [2.24, 2.45) is 5.92 Å². The highest BCUT2D eigenvalue weighted by molar-refractivity contribution is 5.94. The van der Waals surface area contributed by atoms with E-state index in [-0.39, 0.29) is 23.9 Å². The molecule has 1 N–H and O–H groups in total. The van der Waals surface area contributed by atoms with Gasteiger partial charge < -0.3 is 10.2 Å². The van der Waals surface area contributed by atoms with Crippen LogP contribution in [0.2, 0.25) is 0 Å². The summed E-state index contributed by atoms with van der Waals surface area (Å²) in [6.45, 7) is 8.95. The number of benzene rings is 1. The number of carbonyl (C=O) groups is 2. The van der Waals surface area contributed by atoms with Gasteiger partial charge in [-0.15, -0.1) is 0 Å². The molecule has 0 radical (unpaired) electrons. The highest BCUT2D eigenvalue weighted by Crippen LogP contribution is 2.31.